The second-order valence-electron chi connectivity index (χ2n) is 6.76. The van der Waals surface area contributed by atoms with E-state index in [-0.39, 0.29) is 12.3 Å². The highest BCUT2D eigenvalue weighted by Crippen LogP contribution is 2.32. The van der Waals surface area contributed by atoms with E-state index in [9.17, 15) is 13.2 Å². The van der Waals surface area contributed by atoms with E-state index < -0.39 is 22.0 Å². The Hall–Kier alpha value is -2.62. The summed E-state index contributed by atoms with van der Waals surface area (Å²) in [6, 6.07) is 12.1. The van der Waals surface area contributed by atoms with E-state index >= 15 is 0 Å². The molecule has 0 spiro atoms. The summed E-state index contributed by atoms with van der Waals surface area (Å²) >= 11 is 0. The standard InChI is InChI=1S/C20H24N2O6S/c1-27-18-10-9-16(12-19(18)28-2)15-7-5-14(6-8-15)13-22-17(20(23)21-24)4-3-11-29(22,25)26/h5-10,12,17,24H,3-4,11,13H2,1-2H3,(H,21,23)/t17-/m0/s1. The molecule has 0 unspecified atom stereocenters. The van der Waals surface area contributed by atoms with E-state index in [2.05, 4.69) is 0 Å². The van der Waals surface area contributed by atoms with Crippen LogP contribution in [-0.4, -0.2) is 49.9 Å². The Labute approximate surface area is 170 Å². The van der Waals surface area contributed by atoms with E-state index in [0.717, 1.165) is 21.0 Å². The van der Waals surface area contributed by atoms with Gasteiger partial charge in [0.15, 0.2) is 11.5 Å². The molecule has 1 aliphatic heterocycles. The van der Waals surface area contributed by atoms with Crippen LogP contribution in [0.25, 0.3) is 11.1 Å². The first-order valence-corrected chi connectivity index (χ1v) is 10.8. The zero-order valence-electron chi connectivity index (χ0n) is 16.3. The van der Waals surface area contributed by atoms with E-state index in [4.69, 9.17) is 14.7 Å². The molecule has 2 N–H and O–H groups in total. The second-order valence-corrected chi connectivity index (χ2v) is 8.80. The van der Waals surface area contributed by atoms with Crippen LogP contribution < -0.4 is 15.0 Å². The number of hydrogen-bond acceptors (Lipinski definition) is 6. The lowest BCUT2D eigenvalue weighted by Crippen LogP contribution is -2.51. The topological polar surface area (TPSA) is 105 Å². The number of hydroxylamine groups is 1. The van der Waals surface area contributed by atoms with Gasteiger partial charge in [-0.3, -0.25) is 10.0 Å². The van der Waals surface area contributed by atoms with Gasteiger partial charge in [0, 0.05) is 6.54 Å². The second kappa shape index (κ2) is 8.81. The largest absolute Gasteiger partial charge is 0.493 e. The monoisotopic (exact) mass is 420 g/mol. The fraction of sp³-hybridized carbons (Fsp3) is 0.350. The molecule has 0 saturated carbocycles. The minimum absolute atomic E-state index is 0.00800. The Morgan fingerprint density at radius 1 is 1.10 bits per heavy atom. The summed E-state index contributed by atoms with van der Waals surface area (Å²) in [6.45, 7) is 0.0621. The molecule has 0 radical (unpaired) electrons. The third kappa shape index (κ3) is 4.52. The van der Waals surface area contributed by atoms with Gasteiger partial charge >= 0.3 is 0 Å². The molecule has 1 amide bonds. The van der Waals surface area contributed by atoms with Crippen LogP contribution in [0.3, 0.4) is 0 Å². The van der Waals surface area contributed by atoms with Crippen LogP contribution in [0.2, 0.25) is 0 Å². The SMILES string of the molecule is COc1ccc(-c2ccc(CN3[C@H](C(=O)NO)CCCS3(=O)=O)cc2)cc1OC. The van der Waals surface area contributed by atoms with Gasteiger partial charge in [-0.25, -0.2) is 13.9 Å². The molecule has 9 heteroatoms. The summed E-state index contributed by atoms with van der Waals surface area (Å²) in [7, 11) is -0.427. The van der Waals surface area contributed by atoms with Gasteiger partial charge < -0.3 is 9.47 Å². The predicted octanol–water partition coefficient (Wildman–Crippen LogP) is 2.17. The predicted molar refractivity (Wildman–Crippen MR) is 107 cm³/mol. The highest BCUT2D eigenvalue weighted by atomic mass is 32.2. The molecule has 156 valence electrons. The molecular weight excluding hydrogens is 396 g/mol. The molecule has 0 aromatic heterocycles. The summed E-state index contributed by atoms with van der Waals surface area (Å²) < 4.78 is 36.7. The number of nitrogens with one attached hydrogen (secondary N) is 1. The summed E-state index contributed by atoms with van der Waals surface area (Å²) in [4.78, 5) is 11.9. The molecule has 29 heavy (non-hydrogen) atoms. The minimum atomic E-state index is -3.57. The Morgan fingerprint density at radius 3 is 2.38 bits per heavy atom. The maximum Gasteiger partial charge on any atom is 0.261 e. The smallest absolute Gasteiger partial charge is 0.261 e. The van der Waals surface area contributed by atoms with Crippen LogP contribution >= 0.6 is 0 Å². The van der Waals surface area contributed by atoms with E-state index in [1.54, 1.807) is 19.7 Å². The molecule has 1 fully saturated rings. The van der Waals surface area contributed by atoms with Gasteiger partial charge in [0.25, 0.3) is 5.91 Å². The van der Waals surface area contributed by atoms with Crippen molar-refractivity contribution in [2.45, 2.75) is 25.4 Å². The molecule has 3 rings (SSSR count). The molecule has 1 atom stereocenters. The van der Waals surface area contributed by atoms with Crippen LogP contribution in [0.5, 0.6) is 11.5 Å². The van der Waals surface area contributed by atoms with Gasteiger partial charge in [-0.05, 0) is 41.7 Å². The number of ether oxygens (including phenoxy) is 2. The average molecular weight is 420 g/mol. The van der Waals surface area contributed by atoms with E-state index in [0.29, 0.717) is 24.3 Å². The first-order chi connectivity index (χ1) is 13.9. The van der Waals surface area contributed by atoms with Crippen molar-refractivity contribution in [3.05, 3.63) is 48.0 Å². The maximum atomic E-state index is 12.5. The molecule has 2 aromatic carbocycles. The Kier molecular flexibility index (Phi) is 6.41. The number of amides is 1. The van der Waals surface area contributed by atoms with Crippen LogP contribution in [-0.2, 0) is 21.4 Å². The minimum Gasteiger partial charge on any atom is -0.493 e. The maximum absolute atomic E-state index is 12.5. The van der Waals surface area contributed by atoms with Crippen LogP contribution in [0.15, 0.2) is 42.5 Å². The van der Waals surface area contributed by atoms with Crippen molar-refractivity contribution in [3.63, 3.8) is 0 Å². The molecule has 0 aliphatic carbocycles. The molecule has 8 nitrogen and oxygen atoms in total. The van der Waals surface area contributed by atoms with Crippen molar-refractivity contribution >= 4 is 15.9 Å². The fourth-order valence-corrected chi connectivity index (χ4v) is 5.16. The van der Waals surface area contributed by atoms with Crippen LogP contribution in [0.1, 0.15) is 18.4 Å². The van der Waals surface area contributed by atoms with Crippen molar-refractivity contribution < 1.29 is 27.9 Å². The van der Waals surface area contributed by atoms with Gasteiger partial charge in [0.05, 0.1) is 20.0 Å². The lowest BCUT2D eigenvalue weighted by Gasteiger charge is -2.33. The van der Waals surface area contributed by atoms with Crippen LogP contribution in [0, 0.1) is 0 Å². The summed E-state index contributed by atoms with van der Waals surface area (Å²) in [5.74, 6) is 0.532. The van der Waals surface area contributed by atoms with Crippen molar-refractivity contribution in [3.8, 4) is 22.6 Å². The number of methoxy groups -OCH3 is 2. The summed E-state index contributed by atoms with van der Waals surface area (Å²) in [5, 5.41) is 8.94. The van der Waals surface area contributed by atoms with Gasteiger partial charge in [-0.2, -0.15) is 4.31 Å². The quantitative estimate of drug-likeness (QED) is 0.548. The normalized spacial score (nSPS) is 18.8. The van der Waals surface area contributed by atoms with Gasteiger partial charge in [0.2, 0.25) is 10.0 Å². The zero-order chi connectivity index (χ0) is 21.0. The first kappa shape index (κ1) is 21.1. The third-order valence-electron chi connectivity index (χ3n) is 5.01. The Bertz CT molecular complexity index is 975. The number of hydrogen-bond donors (Lipinski definition) is 2. The van der Waals surface area contributed by atoms with Gasteiger partial charge in [-0.15, -0.1) is 0 Å². The Morgan fingerprint density at radius 2 is 1.76 bits per heavy atom. The zero-order valence-corrected chi connectivity index (χ0v) is 17.1. The Balaban J connectivity index is 1.83. The first-order valence-electron chi connectivity index (χ1n) is 9.14. The number of rotatable bonds is 6. The third-order valence-corrected chi connectivity index (χ3v) is 6.91. The van der Waals surface area contributed by atoms with Crippen molar-refractivity contribution in [1.82, 2.24) is 9.79 Å². The molecule has 1 aliphatic rings. The molecular formula is C20H24N2O6S. The number of nitrogens with zero attached hydrogens (tertiary/aromatic N) is 1. The highest BCUT2D eigenvalue weighted by Gasteiger charge is 2.38. The fourth-order valence-electron chi connectivity index (χ4n) is 3.46. The summed E-state index contributed by atoms with van der Waals surface area (Å²) in [5.41, 5.74) is 4.18. The lowest BCUT2D eigenvalue weighted by molar-refractivity contribution is -0.133. The number of carbonyl (C=O) groups is 1. The van der Waals surface area contributed by atoms with E-state index in [1.807, 2.05) is 42.5 Å². The molecule has 1 heterocycles. The molecule has 1 saturated heterocycles. The van der Waals surface area contributed by atoms with Gasteiger partial charge in [-0.1, -0.05) is 30.3 Å². The van der Waals surface area contributed by atoms with Crippen molar-refractivity contribution in [2.75, 3.05) is 20.0 Å². The van der Waals surface area contributed by atoms with Crippen molar-refractivity contribution in [2.24, 2.45) is 0 Å². The molecule has 2 aromatic rings. The summed E-state index contributed by atoms with van der Waals surface area (Å²) in [6.07, 6.45) is 0.754. The van der Waals surface area contributed by atoms with E-state index in [1.165, 1.54) is 0 Å². The lowest BCUT2D eigenvalue weighted by atomic mass is 10.0. The molecule has 0 bridgehead atoms. The van der Waals surface area contributed by atoms with Crippen molar-refractivity contribution in [1.29, 1.82) is 0 Å². The number of benzene rings is 2. The number of sulfonamides is 1. The highest BCUT2D eigenvalue weighted by molar-refractivity contribution is 7.89. The number of carbonyl (C=O) groups excluding carboxylic acids is 1. The van der Waals surface area contributed by atoms with Gasteiger partial charge in [0.1, 0.15) is 6.04 Å². The average Bonchev–Trinajstić information content (AvgIpc) is 2.74. The van der Waals surface area contributed by atoms with Crippen LogP contribution in [0.4, 0.5) is 0 Å².